The summed E-state index contributed by atoms with van der Waals surface area (Å²) >= 11 is 0. The van der Waals surface area contributed by atoms with Gasteiger partial charge in [0.05, 0.1) is 0 Å². The zero-order valence-electron chi connectivity index (χ0n) is 13.6. The molecule has 1 saturated heterocycles. The first-order chi connectivity index (χ1) is 11.7. The fourth-order valence-corrected chi connectivity index (χ4v) is 3.03. The fraction of sp³-hybridized carbons (Fsp3) is 0.278. The van der Waals surface area contributed by atoms with E-state index in [0.717, 1.165) is 54.3 Å². The summed E-state index contributed by atoms with van der Waals surface area (Å²) in [6.45, 7) is 5.19. The summed E-state index contributed by atoms with van der Waals surface area (Å²) in [5.74, 6) is 0.963. The summed E-state index contributed by atoms with van der Waals surface area (Å²) in [6, 6.07) is 11.8. The van der Waals surface area contributed by atoms with E-state index < -0.39 is 0 Å². The number of piperazine rings is 1. The Bertz CT molecular complexity index is 878. The third kappa shape index (κ3) is 2.65. The summed E-state index contributed by atoms with van der Waals surface area (Å²) in [6.07, 6.45) is 2.03. The first-order valence-electron chi connectivity index (χ1n) is 8.14. The number of hydrogen-bond acceptors (Lipinski definition) is 4. The van der Waals surface area contributed by atoms with Crippen LogP contribution in [0.25, 0.3) is 16.8 Å². The van der Waals surface area contributed by atoms with Crippen molar-refractivity contribution >= 4 is 11.6 Å². The number of aromatic nitrogens is 3. The van der Waals surface area contributed by atoms with Crippen LogP contribution in [0.2, 0.25) is 0 Å². The highest BCUT2D eigenvalue weighted by atomic mass is 16.2. The highest BCUT2D eigenvalue weighted by molar-refractivity contribution is 5.94. The lowest BCUT2D eigenvalue weighted by atomic mass is 10.0. The van der Waals surface area contributed by atoms with Gasteiger partial charge in [0.25, 0.3) is 5.91 Å². The second-order valence-corrected chi connectivity index (χ2v) is 6.01. The summed E-state index contributed by atoms with van der Waals surface area (Å²) in [5, 5.41) is 11.4. The van der Waals surface area contributed by atoms with Gasteiger partial charge in [-0.05, 0) is 42.3 Å². The van der Waals surface area contributed by atoms with Gasteiger partial charge in [-0.15, -0.1) is 10.2 Å². The molecule has 6 heteroatoms. The Kier molecular flexibility index (Phi) is 3.74. The number of fused-ring (bicyclic) bond motifs is 1. The van der Waals surface area contributed by atoms with Gasteiger partial charge in [0, 0.05) is 37.9 Å². The number of nitrogens with one attached hydrogen (secondary N) is 1. The Morgan fingerprint density at radius 1 is 1.00 bits per heavy atom. The summed E-state index contributed by atoms with van der Waals surface area (Å²) < 4.78 is 1.97. The fourth-order valence-electron chi connectivity index (χ4n) is 3.03. The van der Waals surface area contributed by atoms with E-state index in [0.29, 0.717) is 0 Å². The first-order valence-corrected chi connectivity index (χ1v) is 8.14. The normalized spacial score (nSPS) is 15.0. The van der Waals surface area contributed by atoms with Crippen LogP contribution in [0.4, 0.5) is 0 Å². The second kappa shape index (κ2) is 6.05. The average Bonchev–Trinajstić information content (AvgIpc) is 3.02. The van der Waals surface area contributed by atoms with Crippen molar-refractivity contribution in [1.82, 2.24) is 24.8 Å². The van der Waals surface area contributed by atoms with Gasteiger partial charge in [-0.3, -0.25) is 9.20 Å². The Hall–Kier alpha value is -2.73. The van der Waals surface area contributed by atoms with Crippen LogP contribution in [0.1, 0.15) is 16.2 Å². The van der Waals surface area contributed by atoms with Gasteiger partial charge < -0.3 is 10.2 Å². The lowest BCUT2D eigenvalue weighted by Crippen LogP contribution is -2.46. The van der Waals surface area contributed by atoms with Crippen LogP contribution in [0.5, 0.6) is 0 Å². The van der Waals surface area contributed by atoms with Crippen molar-refractivity contribution in [1.29, 1.82) is 0 Å². The number of carbonyl (C=O) groups is 1. The Labute approximate surface area is 140 Å². The van der Waals surface area contributed by atoms with Crippen molar-refractivity contribution in [2.24, 2.45) is 0 Å². The van der Waals surface area contributed by atoms with E-state index in [-0.39, 0.29) is 5.91 Å². The highest BCUT2D eigenvalue weighted by Crippen LogP contribution is 2.21. The van der Waals surface area contributed by atoms with Crippen LogP contribution in [0, 0.1) is 6.92 Å². The molecule has 4 rings (SSSR count). The van der Waals surface area contributed by atoms with E-state index in [1.54, 1.807) is 0 Å². The van der Waals surface area contributed by atoms with Crippen LogP contribution in [0.15, 0.2) is 42.6 Å². The molecule has 0 saturated carbocycles. The van der Waals surface area contributed by atoms with E-state index in [1.807, 2.05) is 58.8 Å². The molecule has 1 fully saturated rings. The molecule has 2 aromatic heterocycles. The van der Waals surface area contributed by atoms with E-state index in [4.69, 9.17) is 0 Å². The maximum Gasteiger partial charge on any atom is 0.253 e. The zero-order chi connectivity index (χ0) is 16.5. The highest BCUT2D eigenvalue weighted by Gasteiger charge is 2.17. The van der Waals surface area contributed by atoms with Crippen LogP contribution in [-0.4, -0.2) is 51.6 Å². The number of nitrogens with zero attached hydrogens (tertiary/aromatic N) is 4. The Balaban J connectivity index is 1.60. The molecule has 24 heavy (non-hydrogen) atoms. The van der Waals surface area contributed by atoms with Crippen LogP contribution in [0.3, 0.4) is 0 Å². The quantitative estimate of drug-likeness (QED) is 0.781. The molecule has 1 amide bonds. The van der Waals surface area contributed by atoms with Gasteiger partial charge in [-0.1, -0.05) is 12.1 Å². The Morgan fingerprint density at radius 3 is 2.46 bits per heavy atom. The minimum atomic E-state index is 0.105. The number of rotatable bonds is 2. The van der Waals surface area contributed by atoms with E-state index in [1.165, 1.54) is 0 Å². The number of benzene rings is 1. The lowest BCUT2D eigenvalue weighted by molar-refractivity contribution is 0.0736. The van der Waals surface area contributed by atoms with Crippen molar-refractivity contribution in [3.05, 3.63) is 54.0 Å². The molecule has 3 heterocycles. The SMILES string of the molecule is Cc1nnc2ccc(-c3ccc(C(=O)N4CCNCC4)cc3)cn12. The lowest BCUT2D eigenvalue weighted by Gasteiger charge is -2.27. The van der Waals surface area contributed by atoms with Gasteiger partial charge in [-0.2, -0.15) is 0 Å². The molecule has 3 aromatic rings. The van der Waals surface area contributed by atoms with Gasteiger partial charge in [0.1, 0.15) is 5.82 Å². The number of amides is 1. The second-order valence-electron chi connectivity index (χ2n) is 6.01. The smallest absolute Gasteiger partial charge is 0.253 e. The number of carbonyl (C=O) groups excluding carboxylic acids is 1. The molecule has 6 nitrogen and oxygen atoms in total. The zero-order valence-corrected chi connectivity index (χ0v) is 13.6. The third-order valence-electron chi connectivity index (χ3n) is 4.44. The minimum absolute atomic E-state index is 0.105. The van der Waals surface area contributed by atoms with Crippen molar-refractivity contribution in [2.75, 3.05) is 26.2 Å². The standard InChI is InChI=1S/C18H19N5O/c1-13-20-21-17-7-6-16(12-23(13)17)14-2-4-15(5-3-14)18(24)22-10-8-19-9-11-22/h2-7,12,19H,8-11H2,1H3. The Morgan fingerprint density at radius 2 is 1.71 bits per heavy atom. The predicted molar refractivity (Wildman–Crippen MR) is 91.9 cm³/mol. The van der Waals surface area contributed by atoms with Crippen LogP contribution >= 0.6 is 0 Å². The van der Waals surface area contributed by atoms with Gasteiger partial charge in [-0.25, -0.2) is 0 Å². The molecule has 0 aliphatic carbocycles. The minimum Gasteiger partial charge on any atom is -0.336 e. The summed E-state index contributed by atoms with van der Waals surface area (Å²) in [4.78, 5) is 14.4. The van der Waals surface area contributed by atoms with E-state index in [2.05, 4.69) is 15.5 Å². The monoisotopic (exact) mass is 321 g/mol. The van der Waals surface area contributed by atoms with Crippen molar-refractivity contribution in [2.45, 2.75) is 6.92 Å². The van der Waals surface area contributed by atoms with E-state index >= 15 is 0 Å². The topological polar surface area (TPSA) is 62.5 Å². The molecule has 1 aromatic carbocycles. The third-order valence-corrected chi connectivity index (χ3v) is 4.44. The molecule has 1 N–H and O–H groups in total. The van der Waals surface area contributed by atoms with Crippen molar-refractivity contribution in [3.8, 4) is 11.1 Å². The molecule has 0 bridgehead atoms. The maximum absolute atomic E-state index is 12.5. The van der Waals surface area contributed by atoms with Gasteiger partial charge in [0.15, 0.2) is 5.65 Å². The predicted octanol–water partition coefficient (Wildman–Crippen LogP) is 1.75. The van der Waals surface area contributed by atoms with E-state index in [9.17, 15) is 4.79 Å². The molecule has 0 radical (unpaired) electrons. The van der Waals surface area contributed by atoms with Crippen molar-refractivity contribution < 1.29 is 4.79 Å². The molecular weight excluding hydrogens is 302 g/mol. The maximum atomic E-state index is 12.5. The summed E-state index contributed by atoms with van der Waals surface area (Å²) in [5.41, 5.74) is 3.72. The molecular formula is C18H19N5O. The van der Waals surface area contributed by atoms with Crippen LogP contribution < -0.4 is 5.32 Å². The molecule has 122 valence electrons. The first kappa shape index (κ1) is 14.8. The van der Waals surface area contributed by atoms with Crippen LogP contribution in [-0.2, 0) is 0 Å². The number of pyridine rings is 1. The molecule has 0 atom stereocenters. The molecule has 1 aliphatic rings. The van der Waals surface area contributed by atoms with Crippen molar-refractivity contribution in [3.63, 3.8) is 0 Å². The number of hydrogen-bond donors (Lipinski definition) is 1. The van der Waals surface area contributed by atoms with Gasteiger partial charge in [0.2, 0.25) is 0 Å². The average molecular weight is 321 g/mol. The van der Waals surface area contributed by atoms with Gasteiger partial charge >= 0.3 is 0 Å². The number of aryl methyl sites for hydroxylation is 1. The molecule has 0 spiro atoms. The molecule has 1 aliphatic heterocycles. The molecule has 0 unspecified atom stereocenters. The summed E-state index contributed by atoms with van der Waals surface area (Å²) in [7, 11) is 0. The largest absolute Gasteiger partial charge is 0.336 e.